The van der Waals surface area contributed by atoms with Crippen LogP contribution in [0.15, 0.2) is 0 Å². The van der Waals surface area contributed by atoms with Gasteiger partial charge in [0, 0.05) is 6.54 Å². The van der Waals surface area contributed by atoms with Crippen LogP contribution in [0.3, 0.4) is 0 Å². The summed E-state index contributed by atoms with van der Waals surface area (Å²) in [5.74, 6) is 6.08. The van der Waals surface area contributed by atoms with E-state index in [1.165, 1.54) is 25.7 Å². The maximum atomic E-state index is 5.07. The molecule has 0 spiro atoms. The van der Waals surface area contributed by atoms with E-state index in [-0.39, 0.29) is 0 Å². The van der Waals surface area contributed by atoms with Crippen LogP contribution in [0.2, 0.25) is 0 Å². The molecule has 0 saturated heterocycles. The van der Waals surface area contributed by atoms with E-state index in [1.807, 2.05) is 0 Å². The van der Waals surface area contributed by atoms with Gasteiger partial charge in [0.05, 0.1) is 0 Å². The number of hydrogen-bond acceptors (Lipinski definition) is 2. The molecule has 0 aromatic rings. The van der Waals surface area contributed by atoms with E-state index < -0.39 is 0 Å². The fraction of sp³-hybridized carbons (Fsp3) is 0.857. The third-order valence-electron chi connectivity index (χ3n) is 1.90. The first-order valence-corrected chi connectivity index (χ1v) is 4.48. The highest BCUT2D eigenvalue weighted by Gasteiger charge is 2.19. The molecular weight excluding hydrogens is 158 g/mol. The van der Waals surface area contributed by atoms with Crippen LogP contribution in [0.1, 0.15) is 25.7 Å². The van der Waals surface area contributed by atoms with Gasteiger partial charge in [0.1, 0.15) is 0 Å². The van der Waals surface area contributed by atoms with Gasteiger partial charge in [-0.05, 0) is 31.0 Å². The Kier molecular flexibility index (Phi) is 3.59. The van der Waals surface area contributed by atoms with Crippen LogP contribution >= 0.6 is 12.2 Å². The summed E-state index contributed by atoms with van der Waals surface area (Å²) in [4.78, 5) is 0. The molecular formula is C7H15N3S. The summed E-state index contributed by atoms with van der Waals surface area (Å²) in [6.45, 7) is 0.944. The lowest BCUT2D eigenvalue weighted by molar-refractivity contribution is 0.649. The Balaban J connectivity index is 1.82. The predicted molar refractivity (Wildman–Crippen MR) is 49.9 cm³/mol. The molecule has 11 heavy (non-hydrogen) atoms. The topological polar surface area (TPSA) is 50.1 Å². The zero-order valence-corrected chi connectivity index (χ0v) is 7.41. The second kappa shape index (κ2) is 4.51. The molecule has 1 rings (SSSR count). The summed E-state index contributed by atoms with van der Waals surface area (Å²) in [6.07, 6.45) is 5.39. The summed E-state index contributed by atoms with van der Waals surface area (Å²) < 4.78 is 0. The molecule has 0 radical (unpaired) electrons. The van der Waals surface area contributed by atoms with Crippen LogP contribution in [0.4, 0.5) is 0 Å². The molecule has 0 atom stereocenters. The van der Waals surface area contributed by atoms with Crippen LogP contribution in [0, 0.1) is 5.92 Å². The molecule has 1 fully saturated rings. The first-order valence-electron chi connectivity index (χ1n) is 4.07. The molecule has 4 N–H and O–H groups in total. The fourth-order valence-electron chi connectivity index (χ4n) is 1.05. The molecule has 0 aromatic carbocycles. The van der Waals surface area contributed by atoms with Gasteiger partial charge in [-0.1, -0.05) is 12.8 Å². The predicted octanol–water partition coefficient (Wildman–Crippen LogP) is 0.514. The Morgan fingerprint density at radius 3 is 2.82 bits per heavy atom. The van der Waals surface area contributed by atoms with Crippen molar-refractivity contribution in [2.75, 3.05) is 6.54 Å². The zero-order chi connectivity index (χ0) is 8.10. The average molecular weight is 173 g/mol. The van der Waals surface area contributed by atoms with Crippen molar-refractivity contribution in [1.29, 1.82) is 0 Å². The van der Waals surface area contributed by atoms with E-state index in [2.05, 4.69) is 10.7 Å². The summed E-state index contributed by atoms with van der Waals surface area (Å²) >= 11 is 4.80. The zero-order valence-electron chi connectivity index (χ0n) is 6.60. The minimum absolute atomic E-state index is 0.542. The second-order valence-electron chi connectivity index (χ2n) is 2.99. The summed E-state index contributed by atoms with van der Waals surface area (Å²) in [5.41, 5.74) is 2.39. The minimum Gasteiger partial charge on any atom is -0.362 e. The van der Waals surface area contributed by atoms with E-state index in [9.17, 15) is 0 Å². The molecule has 3 nitrogen and oxygen atoms in total. The summed E-state index contributed by atoms with van der Waals surface area (Å²) in [7, 11) is 0. The quantitative estimate of drug-likeness (QED) is 0.251. The van der Waals surface area contributed by atoms with Crippen LogP contribution in [-0.2, 0) is 0 Å². The van der Waals surface area contributed by atoms with Gasteiger partial charge in [-0.15, -0.1) is 0 Å². The number of rotatable bonds is 4. The van der Waals surface area contributed by atoms with Crippen LogP contribution in [0.25, 0.3) is 0 Å². The number of nitrogens with one attached hydrogen (secondary N) is 2. The van der Waals surface area contributed by atoms with Crippen LogP contribution in [0.5, 0.6) is 0 Å². The largest absolute Gasteiger partial charge is 0.362 e. The molecule has 1 aliphatic carbocycles. The van der Waals surface area contributed by atoms with Gasteiger partial charge >= 0.3 is 0 Å². The Bertz CT molecular complexity index is 134. The van der Waals surface area contributed by atoms with E-state index in [1.54, 1.807) is 0 Å². The Morgan fingerprint density at radius 2 is 2.27 bits per heavy atom. The number of thiocarbonyl (C=S) groups is 1. The SMILES string of the molecule is NNC(=S)NCCCC1CC1. The molecule has 0 aromatic heterocycles. The van der Waals surface area contributed by atoms with Crippen molar-refractivity contribution in [3.63, 3.8) is 0 Å². The molecule has 0 amide bonds. The average Bonchev–Trinajstić information content (AvgIpc) is 2.81. The smallest absolute Gasteiger partial charge is 0.180 e. The van der Waals surface area contributed by atoms with Crippen molar-refractivity contribution >= 4 is 17.3 Å². The molecule has 1 saturated carbocycles. The van der Waals surface area contributed by atoms with Gasteiger partial charge in [0.15, 0.2) is 5.11 Å². The van der Waals surface area contributed by atoms with E-state index >= 15 is 0 Å². The summed E-state index contributed by atoms with van der Waals surface area (Å²) in [5, 5.41) is 3.55. The van der Waals surface area contributed by atoms with Crippen molar-refractivity contribution in [2.45, 2.75) is 25.7 Å². The molecule has 1 aliphatic rings. The molecule has 0 bridgehead atoms. The van der Waals surface area contributed by atoms with Crippen molar-refractivity contribution in [3.05, 3.63) is 0 Å². The first-order chi connectivity index (χ1) is 5.33. The van der Waals surface area contributed by atoms with E-state index in [0.29, 0.717) is 5.11 Å². The Morgan fingerprint density at radius 1 is 1.55 bits per heavy atom. The lowest BCUT2D eigenvalue weighted by Crippen LogP contribution is -2.39. The lowest BCUT2D eigenvalue weighted by Gasteiger charge is -2.05. The highest BCUT2D eigenvalue weighted by molar-refractivity contribution is 7.80. The van der Waals surface area contributed by atoms with E-state index in [4.69, 9.17) is 18.1 Å². The van der Waals surface area contributed by atoms with Gasteiger partial charge < -0.3 is 10.7 Å². The maximum Gasteiger partial charge on any atom is 0.180 e. The van der Waals surface area contributed by atoms with Gasteiger partial charge in [-0.3, -0.25) is 0 Å². The fourth-order valence-corrected chi connectivity index (χ4v) is 1.15. The third-order valence-corrected chi connectivity index (χ3v) is 2.16. The molecule has 64 valence electrons. The van der Waals surface area contributed by atoms with Gasteiger partial charge in [0.25, 0.3) is 0 Å². The maximum absolute atomic E-state index is 5.07. The Hall–Kier alpha value is -0.350. The van der Waals surface area contributed by atoms with Gasteiger partial charge in [-0.25, -0.2) is 5.84 Å². The lowest BCUT2D eigenvalue weighted by atomic mass is 10.2. The van der Waals surface area contributed by atoms with Crippen molar-refractivity contribution in [3.8, 4) is 0 Å². The normalized spacial score (nSPS) is 16.1. The third kappa shape index (κ3) is 4.16. The summed E-state index contributed by atoms with van der Waals surface area (Å²) in [6, 6.07) is 0. The highest BCUT2D eigenvalue weighted by Crippen LogP contribution is 2.33. The molecule has 0 aliphatic heterocycles. The first kappa shape index (κ1) is 8.74. The van der Waals surface area contributed by atoms with Gasteiger partial charge in [0.2, 0.25) is 0 Å². The van der Waals surface area contributed by atoms with E-state index in [0.717, 1.165) is 12.5 Å². The number of hydrogen-bond donors (Lipinski definition) is 3. The van der Waals surface area contributed by atoms with Crippen molar-refractivity contribution in [2.24, 2.45) is 11.8 Å². The van der Waals surface area contributed by atoms with Crippen molar-refractivity contribution < 1.29 is 0 Å². The molecule has 4 heteroatoms. The standard InChI is InChI=1S/C7H15N3S/c8-10-7(11)9-5-1-2-6-3-4-6/h6H,1-5,8H2,(H2,9,10,11). The number of hydrazine groups is 1. The minimum atomic E-state index is 0.542. The number of nitrogens with two attached hydrogens (primary N) is 1. The molecule has 0 heterocycles. The molecule has 0 unspecified atom stereocenters. The van der Waals surface area contributed by atoms with Crippen LogP contribution in [-0.4, -0.2) is 11.7 Å². The van der Waals surface area contributed by atoms with Crippen molar-refractivity contribution in [1.82, 2.24) is 10.7 Å². The highest BCUT2D eigenvalue weighted by atomic mass is 32.1. The van der Waals surface area contributed by atoms with Crippen LogP contribution < -0.4 is 16.6 Å². The second-order valence-corrected chi connectivity index (χ2v) is 3.39. The Labute approximate surface area is 72.7 Å². The van der Waals surface area contributed by atoms with Gasteiger partial charge in [-0.2, -0.15) is 0 Å². The monoisotopic (exact) mass is 173 g/mol.